The lowest BCUT2D eigenvalue weighted by atomic mass is 9.81. The molecule has 2 N–H and O–H groups in total. The Morgan fingerprint density at radius 2 is 1.89 bits per heavy atom. The lowest BCUT2D eigenvalue weighted by Crippen LogP contribution is -2.51. The summed E-state index contributed by atoms with van der Waals surface area (Å²) in [5.74, 6) is -0.148. The molecule has 2 aromatic rings. The van der Waals surface area contributed by atoms with E-state index in [1.165, 1.54) is 0 Å². The van der Waals surface area contributed by atoms with Crippen LogP contribution < -0.4 is 5.32 Å². The van der Waals surface area contributed by atoms with E-state index >= 15 is 0 Å². The first-order valence-electron chi connectivity index (χ1n) is 8.97. The Hall–Kier alpha value is -1.40. The van der Waals surface area contributed by atoms with Crippen molar-refractivity contribution in [3.63, 3.8) is 0 Å². The molecule has 4 nitrogen and oxygen atoms in total. The molecule has 0 saturated carbocycles. The van der Waals surface area contributed by atoms with Gasteiger partial charge in [0.15, 0.2) is 0 Å². The number of aliphatic hydroxyl groups is 1. The van der Waals surface area contributed by atoms with Gasteiger partial charge in [0.25, 0.3) is 0 Å². The molecule has 3 rings (SSSR count). The van der Waals surface area contributed by atoms with Crippen LogP contribution in [-0.2, 0) is 9.53 Å². The van der Waals surface area contributed by atoms with Gasteiger partial charge in [-0.2, -0.15) is 0 Å². The minimum Gasteiger partial charge on any atom is -0.396 e. The lowest BCUT2D eigenvalue weighted by Gasteiger charge is -2.43. The molecule has 0 bridgehead atoms. The van der Waals surface area contributed by atoms with E-state index in [0.29, 0.717) is 17.9 Å². The van der Waals surface area contributed by atoms with Crippen LogP contribution in [0.2, 0.25) is 5.02 Å². The Bertz CT molecular complexity index is 798. The molecule has 0 spiro atoms. The average molecular weight is 453 g/mol. The van der Waals surface area contributed by atoms with Crippen molar-refractivity contribution < 1.29 is 14.6 Å². The Labute approximate surface area is 173 Å². The number of hydrogen-bond acceptors (Lipinski definition) is 3. The molecule has 1 aliphatic rings. The van der Waals surface area contributed by atoms with Crippen molar-refractivity contribution in [2.75, 3.05) is 6.61 Å². The Morgan fingerprint density at radius 1 is 1.22 bits per heavy atom. The highest BCUT2D eigenvalue weighted by atomic mass is 79.9. The predicted molar refractivity (Wildman–Crippen MR) is 110 cm³/mol. The quantitative estimate of drug-likeness (QED) is 0.674. The van der Waals surface area contributed by atoms with Gasteiger partial charge in [-0.25, -0.2) is 0 Å². The van der Waals surface area contributed by atoms with Crippen LogP contribution in [0, 0.1) is 0 Å². The van der Waals surface area contributed by atoms with Crippen molar-refractivity contribution in [1.82, 2.24) is 5.32 Å². The van der Waals surface area contributed by atoms with E-state index in [2.05, 4.69) is 21.2 Å². The van der Waals surface area contributed by atoms with E-state index in [1.54, 1.807) is 0 Å². The van der Waals surface area contributed by atoms with E-state index in [0.717, 1.165) is 15.6 Å². The topological polar surface area (TPSA) is 58.6 Å². The van der Waals surface area contributed by atoms with E-state index in [-0.39, 0.29) is 31.1 Å². The second-order valence-electron chi connectivity index (χ2n) is 7.21. The molecule has 1 fully saturated rings. The summed E-state index contributed by atoms with van der Waals surface area (Å²) >= 11 is 9.54. The van der Waals surface area contributed by atoms with Gasteiger partial charge in [-0.3, -0.25) is 4.79 Å². The van der Waals surface area contributed by atoms with Gasteiger partial charge in [-0.1, -0.05) is 51.8 Å². The highest BCUT2D eigenvalue weighted by molar-refractivity contribution is 9.10. The van der Waals surface area contributed by atoms with Gasteiger partial charge in [-0.05, 0) is 42.3 Å². The van der Waals surface area contributed by atoms with Crippen LogP contribution in [0.1, 0.15) is 49.5 Å². The third-order valence-corrected chi connectivity index (χ3v) is 5.59. The fourth-order valence-electron chi connectivity index (χ4n) is 3.58. The molecule has 1 heterocycles. The molecule has 1 aliphatic heterocycles. The molecule has 0 aromatic heterocycles. The van der Waals surface area contributed by atoms with E-state index in [9.17, 15) is 4.79 Å². The number of hydrogen-bond donors (Lipinski definition) is 2. The van der Waals surface area contributed by atoms with Crippen molar-refractivity contribution in [3.05, 3.63) is 69.2 Å². The second kappa shape index (κ2) is 8.74. The zero-order valence-corrected chi connectivity index (χ0v) is 17.5. The smallest absolute Gasteiger partial charge is 0.222 e. The van der Waals surface area contributed by atoms with E-state index < -0.39 is 5.54 Å². The summed E-state index contributed by atoms with van der Waals surface area (Å²) in [6.07, 6.45) is 1.08. The number of carbonyl (C=O) groups excluding carboxylic acids is 1. The molecular formula is C21H23BrClNO3. The molecule has 27 heavy (non-hydrogen) atoms. The first kappa shape index (κ1) is 20.3. The summed E-state index contributed by atoms with van der Waals surface area (Å²) < 4.78 is 7.41. The van der Waals surface area contributed by atoms with Crippen LogP contribution in [0.25, 0.3) is 0 Å². The fourth-order valence-corrected chi connectivity index (χ4v) is 4.12. The molecule has 0 unspecified atom stereocenters. The first-order valence-corrected chi connectivity index (χ1v) is 10.1. The zero-order valence-electron chi connectivity index (χ0n) is 15.1. The molecule has 1 amide bonds. The van der Waals surface area contributed by atoms with Crippen LogP contribution in [0.15, 0.2) is 53.0 Å². The van der Waals surface area contributed by atoms with Gasteiger partial charge in [-0.15, -0.1) is 0 Å². The highest BCUT2D eigenvalue weighted by Gasteiger charge is 2.40. The maximum atomic E-state index is 12.2. The Morgan fingerprint density at radius 3 is 2.52 bits per heavy atom. The van der Waals surface area contributed by atoms with Crippen molar-refractivity contribution in [2.24, 2.45) is 0 Å². The maximum absolute atomic E-state index is 12.2. The number of benzene rings is 2. The number of aliphatic hydroxyl groups excluding tert-OH is 1. The SMILES string of the molecule is C[C@]1(NC(=O)CCO)C[C@@H](c2ccc(Cl)cc2)O[C@@H](c2cccc(Br)c2)C1. The fraction of sp³-hybridized carbons (Fsp3) is 0.381. The van der Waals surface area contributed by atoms with E-state index in [4.69, 9.17) is 21.4 Å². The molecule has 3 atom stereocenters. The van der Waals surface area contributed by atoms with E-state index in [1.807, 2.05) is 55.5 Å². The standard InChI is InChI=1S/C21H23BrClNO3/c1-21(24-20(26)9-10-25)12-18(14-5-7-17(23)8-6-14)27-19(13-21)15-3-2-4-16(22)11-15/h2-8,11,18-19,25H,9-10,12-13H2,1H3,(H,24,26)/t18-,19+,21-/m0/s1. The Kier molecular flexibility index (Phi) is 6.58. The van der Waals surface area contributed by atoms with Gasteiger partial charge in [0.2, 0.25) is 5.91 Å². The third kappa shape index (κ3) is 5.32. The molecule has 0 aliphatic carbocycles. The van der Waals surface area contributed by atoms with Gasteiger partial charge in [0.05, 0.1) is 18.8 Å². The van der Waals surface area contributed by atoms with Crippen LogP contribution in [-0.4, -0.2) is 23.2 Å². The molecule has 144 valence electrons. The monoisotopic (exact) mass is 451 g/mol. The maximum Gasteiger partial charge on any atom is 0.222 e. The second-order valence-corrected chi connectivity index (χ2v) is 8.56. The summed E-state index contributed by atoms with van der Waals surface area (Å²) in [5, 5.41) is 12.8. The summed E-state index contributed by atoms with van der Waals surface area (Å²) in [6, 6.07) is 15.7. The minimum absolute atomic E-state index is 0.101. The number of halogens is 2. The first-order chi connectivity index (χ1) is 12.9. The van der Waals surface area contributed by atoms with Crippen molar-refractivity contribution in [1.29, 1.82) is 0 Å². The lowest BCUT2D eigenvalue weighted by molar-refractivity contribution is -0.129. The third-order valence-electron chi connectivity index (χ3n) is 4.84. The summed E-state index contributed by atoms with van der Waals surface area (Å²) in [7, 11) is 0. The highest BCUT2D eigenvalue weighted by Crippen LogP contribution is 2.44. The van der Waals surface area contributed by atoms with Crippen LogP contribution in [0.5, 0.6) is 0 Å². The summed E-state index contributed by atoms with van der Waals surface area (Å²) in [5.41, 5.74) is 1.65. The minimum atomic E-state index is -0.443. The number of nitrogens with one attached hydrogen (secondary N) is 1. The predicted octanol–water partition coefficient (Wildman–Crippen LogP) is 4.95. The van der Waals surface area contributed by atoms with Gasteiger partial charge in [0, 0.05) is 34.3 Å². The largest absolute Gasteiger partial charge is 0.396 e. The molecule has 2 aromatic carbocycles. The van der Waals surface area contributed by atoms with Crippen LogP contribution >= 0.6 is 27.5 Å². The summed E-state index contributed by atoms with van der Waals surface area (Å²) in [4.78, 5) is 12.2. The van der Waals surface area contributed by atoms with Crippen LogP contribution in [0.3, 0.4) is 0 Å². The van der Waals surface area contributed by atoms with Gasteiger partial charge >= 0.3 is 0 Å². The number of carbonyl (C=O) groups is 1. The number of rotatable bonds is 5. The molecule has 1 saturated heterocycles. The normalized spacial score (nSPS) is 25.2. The van der Waals surface area contributed by atoms with Gasteiger partial charge < -0.3 is 15.2 Å². The van der Waals surface area contributed by atoms with Crippen molar-refractivity contribution in [3.8, 4) is 0 Å². The van der Waals surface area contributed by atoms with Crippen molar-refractivity contribution >= 4 is 33.4 Å². The zero-order chi connectivity index (χ0) is 19.4. The molecule has 0 radical (unpaired) electrons. The van der Waals surface area contributed by atoms with Gasteiger partial charge in [0.1, 0.15) is 0 Å². The summed E-state index contributed by atoms with van der Waals surface area (Å²) in [6.45, 7) is 1.88. The number of amides is 1. The average Bonchev–Trinajstić information content (AvgIpc) is 2.61. The van der Waals surface area contributed by atoms with Crippen molar-refractivity contribution in [2.45, 2.75) is 43.9 Å². The number of ether oxygens (including phenoxy) is 1. The molecule has 6 heteroatoms. The van der Waals surface area contributed by atoms with Crippen LogP contribution in [0.4, 0.5) is 0 Å². The molecular weight excluding hydrogens is 430 g/mol. The Balaban J connectivity index is 1.90.